The number of ether oxygens (including phenoxy) is 1. The van der Waals surface area contributed by atoms with Gasteiger partial charge in [-0.05, 0) is 25.3 Å². The van der Waals surface area contributed by atoms with Crippen LogP contribution in [0.25, 0.3) is 0 Å². The van der Waals surface area contributed by atoms with Gasteiger partial charge in [-0.1, -0.05) is 56.7 Å². The fourth-order valence-corrected chi connectivity index (χ4v) is 4.44. The van der Waals surface area contributed by atoms with Crippen molar-refractivity contribution in [1.29, 1.82) is 0 Å². The first-order valence-corrected chi connectivity index (χ1v) is 12.9. The van der Waals surface area contributed by atoms with Gasteiger partial charge in [0.2, 0.25) is 5.91 Å². The highest BCUT2D eigenvalue weighted by Gasteiger charge is 2.33. The number of hydrogen-bond donors (Lipinski definition) is 3. The van der Waals surface area contributed by atoms with Gasteiger partial charge in [0.1, 0.15) is 18.1 Å². The Morgan fingerprint density at radius 3 is 2.68 bits per heavy atom. The number of carbonyl (C=O) groups is 3. The molecule has 3 rings (SSSR count). The summed E-state index contributed by atoms with van der Waals surface area (Å²) in [5.41, 5.74) is 0.909. The molecule has 206 valence electrons. The summed E-state index contributed by atoms with van der Waals surface area (Å²) < 4.78 is 11.2. The highest BCUT2D eigenvalue weighted by atomic mass is 16.5. The number of allylic oxidation sites excluding steroid dienone is 2. The predicted octanol–water partition coefficient (Wildman–Crippen LogP) is 2.45. The van der Waals surface area contributed by atoms with Crippen molar-refractivity contribution in [1.82, 2.24) is 15.2 Å². The smallest absolute Gasteiger partial charge is 0.355 e. The van der Waals surface area contributed by atoms with E-state index in [4.69, 9.17) is 9.15 Å². The van der Waals surface area contributed by atoms with Crippen LogP contribution in [0, 0.1) is 11.8 Å². The number of aliphatic hydroxyl groups is 2. The SMILES string of the molecule is CC1=C\[C@@H](O)CC(O)Cc2nc(co2)C(=O)N2CCC=C2C(=O)OC(C(C)C)[C@H](C)/C=C/C(=O)NC\C=C\1. The zero-order valence-corrected chi connectivity index (χ0v) is 22.3. The second-order valence-corrected chi connectivity index (χ2v) is 10.0. The van der Waals surface area contributed by atoms with Gasteiger partial charge in [-0.3, -0.25) is 9.59 Å². The summed E-state index contributed by atoms with van der Waals surface area (Å²) in [6.45, 7) is 8.08. The fraction of sp³-hybridized carbons (Fsp3) is 0.500. The Kier molecular flexibility index (Phi) is 10.2. The number of carbonyl (C=O) groups excluding carboxylic acids is 3. The van der Waals surface area contributed by atoms with Gasteiger partial charge < -0.3 is 29.6 Å². The van der Waals surface area contributed by atoms with Crippen molar-refractivity contribution in [2.75, 3.05) is 13.1 Å². The minimum atomic E-state index is -0.959. The Morgan fingerprint density at radius 1 is 1.18 bits per heavy atom. The molecule has 0 spiro atoms. The van der Waals surface area contributed by atoms with Crippen LogP contribution >= 0.6 is 0 Å². The minimum absolute atomic E-state index is 0.00476. The lowest BCUT2D eigenvalue weighted by Crippen LogP contribution is -2.36. The molecule has 3 heterocycles. The minimum Gasteiger partial charge on any atom is -0.457 e. The lowest BCUT2D eigenvalue weighted by molar-refractivity contribution is -0.149. The number of fused-ring (bicyclic) bond motifs is 3. The molecule has 0 fully saturated rings. The van der Waals surface area contributed by atoms with E-state index < -0.39 is 30.2 Å². The van der Waals surface area contributed by atoms with Gasteiger partial charge in [0.05, 0.1) is 18.6 Å². The van der Waals surface area contributed by atoms with E-state index in [1.165, 1.54) is 17.2 Å². The van der Waals surface area contributed by atoms with Crippen molar-refractivity contribution in [2.24, 2.45) is 11.8 Å². The highest BCUT2D eigenvalue weighted by molar-refractivity contribution is 6.00. The lowest BCUT2D eigenvalue weighted by Gasteiger charge is -2.27. The van der Waals surface area contributed by atoms with E-state index in [0.29, 0.717) is 13.0 Å². The number of amides is 2. The largest absolute Gasteiger partial charge is 0.457 e. The van der Waals surface area contributed by atoms with Crippen LogP contribution in [0.4, 0.5) is 0 Å². The fourth-order valence-electron chi connectivity index (χ4n) is 4.44. The standard InChI is InChI=1S/C28H37N3O7/c1-17(2)26-19(4)9-10-24(34)29-11-5-7-18(3)13-20(32)14-21(33)15-25-30-22(16-37-25)27(35)31-12-6-8-23(31)28(36)38-26/h5,7-10,13,16-17,19-21,26,32-33H,6,11-12,14-15H2,1-4H3,(H,29,34)/b7-5+,10-9+,18-13+/t19-,20-,21?,26?/m1/s1. The van der Waals surface area contributed by atoms with Crippen LogP contribution in [0.15, 0.2) is 58.4 Å². The number of nitrogens with one attached hydrogen (secondary N) is 1. The van der Waals surface area contributed by atoms with E-state index in [1.54, 1.807) is 37.3 Å². The average Bonchev–Trinajstić information content (AvgIpc) is 3.52. The van der Waals surface area contributed by atoms with Crippen molar-refractivity contribution < 1.29 is 33.8 Å². The molecule has 3 N–H and O–H groups in total. The summed E-state index contributed by atoms with van der Waals surface area (Å²) in [4.78, 5) is 44.0. The first-order chi connectivity index (χ1) is 18.0. The molecule has 2 unspecified atom stereocenters. The van der Waals surface area contributed by atoms with Gasteiger partial charge in [0.15, 0.2) is 11.6 Å². The van der Waals surface area contributed by atoms with E-state index in [0.717, 1.165) is 5.57 Å². The molecule has 2 bridgehead atoms. The molecule has 38 heavy (non-hydrogen) atoms. The van der Waals surface area contributed by atoms with Crippen molar-refractivity contribution in [3.05, 3.63) is 65.6 Å². The number of esters is 1. The van der Waals surface area contributed by atoms with Crippen LogP contribution in [-0.2, 0) is 20.7 Å². The molecule has 10 heteroatoms. The molecule has 2 amide bonds. The van der Waals surface area contributed by atoms with Crippen LogP contribution < -0.4 is 5.32 Å². The number of cyclic esters (lactones) is 1. The lowest BCUT2D eigenvalue weighted by atomic mass is 9.94. The second-order valence-electron chi connectivity index (χ2n) is 10.0. The maximum Gasteiger partial charge on any atom is 0.355 e. The quantitative estimate of drug-likeness (QED) is 0.473. The van der Waals surface area contributed by atoms with E-state index in [9.17, 15) is 24.6 Å². The summed E-state index contributed by atoms with van der Waals surface area (Å²) in [7, 11) is 0. The molecular weight excluding hydrogens is 490 g/mol. The van der Waals surface area contributed by atoms with Crippen LogP contribution in [-0.4, -0.2) is 69.3 Å². The van der Waals surface area contributed by atoms with E-state index in [-0.39, 0.29) is 54.4 Å². The average molecular weight is 528 g/mol. The van der Waals surface area contributed by atoms with Crippen LogP contribution in [0.3, 0.4) is 0 Å². The number of aromatic nitrogens is 1. The highest BCUT2D eigenvalue weighted by Crippen LogP contribution is 2.24. The van der Waals surface area contributed by atoms with Gasteiger partial charge in [-0.2, -0.15) is 0 Å². The number of aliphatic hydroxyl groups excluding tert-OH is 2. The third kappa shape index (κ3) is 8.00. The summed E-state index contributed by atoms with van der Waals surface area (Å²) in [5.74, 6) is -1.58. The summed E-state index contributed by atoms with van der Waals surface area (Å²) in [5, 5.41) is 23.5. The maximum atomic E-state index is 13.1. The Hall–Kier alpha value is -3.50. The predicted molar refractivity (Wildman–Crippen MR) is 140 cm³/mol. The van der Waals surface area contributed by atoms with E-state index in [2.05, 4.69) is 10.3 Å². The maximum absolute atomic E-state index is 13.1. The van der Waals surface area contributed by atoms with Gasteiger partial charge >= 0.3 is 5.97 Å². The summed E-state index contributed by atoms with van der Waals surface area (Å²) >= 11 is 0. The van der Waals surface area contributed by atoms with Gasteiger partial charge in [-0.15, -0.1) is 0 Å². The molecule has 2 aliphatic heterocycles. The number of nitrogens with zero attached hydrogens (tertiary/aromatic N) is 2. The summed E-state index contributed by atoms with van der Waals surface area (Å²) in [6, 6.07) is 0. The molecule has 0 saturated carbocycles. The normalized spacial score (nSPS) is 29.6. The number of rotatable bonds is 1. The third-order valence-electron chi connectivity index (χ3n) is 6.33. The number of hydrogen-bond acceptors (Lipinski definition) is 8. The molecule has 4 atom stereocenters. The molecule has 2 aliphatic rings. The molecule has 0 aliphatic carbocycles. The Labute approximate surface area is 222 Å². The van der Waals surface area contributed by atoms with Crippen LogP contribution in [0.1, 0.15) is 56.9 Å². The Bertz CT molecular complexity index is 1130. The summed E-state index contributed by atoms with van der Waals surface area (Å²) in [6.07, 6.45) is 9.22. The first-order valence-electron chi connectivity index (χ1n) is 12.9. The second kappa shape index (κ2) is 13.3. The van der Waals surface area contributed by atoms with Crippen molar-refractivity contribution in [3.8, 4) is 0 Å². The van der Waals surface area contributed by atoms with E-state index >= 15 is 0 Å². The third-order valence-corrected chi connectivity index (χ3v) is 6.33. The molecular formula is C28H37N3O7. The van der Waals surface area contributed by atoms with Crippen LogP contribution in [0.2, 0.25) is 0 Å². The first kappa shape index (κ1) is 29.1. The van der Waals surface area contributed by atoms with Crippen LogP contribution in [0.5, 0.6) is 0 Å². The molecule has 0 saturated heterocycles. The van der Waals surface area contributed by atoms with Gasteiger partial charge in [-0.25, -0.2) is 9.78 Å². The zero-order chi connectivity index (χ0) is 27.8. The van der Waals surface area contributed by atoms with Crippen molar-refractivity contribution in [3.63, 3.8) is 0 Å². The van der Waals surface area contributed by atoms with Crippen molar-refractivity contribution in [2.45, 2.75) is 65.3 Å². The zero-order valence-electron chi connectivity index (χ0n) is 22.3. The molecule has 0 radical (unpaired) electrons. The molecule has 0 aromatic carbocycles. The molecule has 1 aromatic rings. The Morgan fingerprint density at radius 2 is 1.95 bits per heavy atom. The van der Waals surface area contributed by atoms with E-state index in [1.807, 2.05) is 20.8 Å². The monoisotopic (exact) mass is 527 g/mol. The topological polar surface area (TPSA) is 142 Å². The molecule has 10 nitrogen and oxygen atoms in total. The molecule has 1 aromatic heterocycles. The van der Waals surface area contributed by atoms with Gasteiger partial charge in [0.25, 0.3) is 5.91 Å². The van der Waals surface area contributed by atoms with Gasteiger partial charge in [0, 0.05) is 25.4 Å². The Balaban J connectivity index is 1.86. The van der Waals surface area contributed by atoms with Crippen molar-refractivity contribution >= 4 is 17.8 Å². The number of oxazole rings is 1.